The molecule has 1 unspecified atom stereocenters. The summed E-state index contributed by atoms with van der Waals surface area (Å²) in [5.41, 5.74) is 5.55. The fourth-order valence-electron chi connectivity index (χ4n) is 1.87. The third kappa shape index (κ3) is 3.15. The Morgan fingerprint density at radius 2 is 2.50 bits per heavy atom. The van der Waals surface area contributed by atoms with Crippen LogP contribution in [0.1, 0.15) is 11.9 Å². The topological polar surface area (TPSA) is 93.4 Å². The van der Waals surface area contributed by atoms with Crippen LogP contribution in [0.4, 0.5) is 5.13 Å². The Morgan fingerprint density at radius 3 is 3.17 bits per heavy atom. The summed E-state index contributed by atoms with van der Waals surface area (Å²) in [7, 11) is 0. The average molecular weight is 271 g/mol. The zero-order chi connectivity index (χ0) is 13.0. The predicted molar refractivity (Wildman–Crippen MR) is 68.0 cm³/mol. The summed E-state index contributed by atoms with van der Waals surface area (Å²) in [6.07, 6.45) is 0. The first-order valence-corrected chi connectivity index (χ1v) is 6.69. The maximum atomic E-state index is 11.9. The van der Waals surface area contributed by atoms with Crippen molar-refractivity contribution in [3.05, 3.63) is 5.01 Å². The molecule has 3 N–H and O–H groups in total. The van der Waals surface area contributed by atoms with Gasteiger partial charge in [0.2, 0.25) is 11.0 Å². The van der Waals surface area contributed by atoms with E-state index in [-0.39, 0.29) is 11.9 Å². The van der Waals surface area contributed by atoms with Gasteiger partial charge in [-0.15, -0.1) is 10.2 Å². The van der Waals surface area contributed by atoms with Gasteiger partial charge in [0.15, 0.2) is 0 Å². The quantitative estimate of drug-likeness (QED) is 0.764. The summed E-state index contributed by atoms with van der Waals surface area (Å²) >= 11 is 1.35. The molecule has 100 valence electrons. The number of aromatic nitrogens is 2. The lowest BCUT2D eigenvalue weighted by molar-refractivity contribution is -0.132. The van der Waals surface area contributed by atoms with Crippen molar-refractivity contribution in [3.63, 3.8) is 0 Å². The van der Waals surface area contributed by atoms with E-state index in [2.05, 4.69) is 20.4 Å². The molecule has 1 aromatic rings. The summed E-state index contributed by atoms with van der Waals surface area (Å²) in [6, 6.07) is -0.260. The van der Waals surface area contributed by atoms with Crippen molar-refractivity contribution in [1.82, 2.24) is 20.4 Å². The molecule has 7 nitrogen and oxygen atoms in total. The van der Waals surface area contributed by atoms with Crippen molar-refractivity contribution in [2.24, 2.45) is 0 Å². The third-order valence-electron chi connectivity index (χ3n) is 2.71. The molecule has 1 saturated heterocycles. The molecule has 0 aromatic carbocycles. The fourth-order valence-corrected chi connectivity index (χ4v) is 2.50. The average Bonchev–Trinajstić information content (AvgIpc) is 2.76. The van der Waals surface area contributed by atoms with E-state index in [1.54, 1.807) is 0 Å². The predicted octanol–water partition coefficient (Wildman–Crippen LogP) is -0.543. The molecule has 0 saturated carbocycles. The Labute approximate surface area is 109 Å². The second-order valence-corrected chi connectivity index (χ2v) is 5.08. The Hall–Kier alpha value is -1.25. The van der Waals surface area contributed by atoms with Crippen molar-refractivity contribution in [2.75, 3.05) is 32.0 Å². The van der Waals surface area contributed by atoms with Crippen molar-refractivity contribution in [3.8, 4) is 0 Å². The first kappa shape index (κ1) is 13.2. The van der Waals surface area contributed by atoms with Gasteiger partial charge in [-0.25, -0.2) is 0 Å². The van der Waals surface area contributed by atoms with Crippen LogP contribution in [-0.4, -0.2) is 53.3 Å². The summed E-state index contributed by atoms with van der Waals surface area (Å²) in [5.74, 6) is -0.00492. The minimum absolute atomic E-state index is 0.00492. The number of hydrogen-bond donors (Lipinski definition) is 2. The van der Waals surface area contributed by atoms with Crippen LogP contribution in [0.2, 0.25) is 0 Å². The first-order valence-electron chi connectivity index (χ1n) is 5.88. The van der Waals surface area contributed by atoms with Crippen LogP contribution in [0.25, 0.3) is 0 Å². The van der Waals surface area contributed by atoms with E-state index in [9.17, 15) is 4.79 Å². The number of carbonyl (C=O) groups is 1. The first-order chi connectivity index (χ1) is 8.70. The van der Waals surface area contributed by atoms with Gasteiger partial charge in [0.05, 0.1) is 19.8 Å². The maximum Gasteiger partial charge on any atom is 0.239 e. The number of anilines is 1. The van der Waals surface area contributed by atoms with Gasteiger partial charge in [-0.2, -0.15) is 0 Å². The summed E-state index contributed by atoms with van der Waals surface area (Å²) in [4.78, 5) is 14.0. The highest BCUT2D eigenvalue weighted by Crippen LogP contribution is 2.17. The number of nitrogen functional groups attached to an aromatic ring is 1. The van der Waals surface area contributed by atoms with Crippen molar-refractivity contribution in [2.45, 2.75) is 19.5 Å². The molecule has 1 atom stereocenters. The van der Waals surface area contributed by atoms with E-state index in [1.165, 1.54) is 11.3 Å². The van der Waals surface area contributed by atoms with E-state index < -0.39 is 0 Å². The van der Waals surface area contributed by atoms with Crippen molar-refractivity contribution >= 4 is 22.4 Å². The molecule has 0 bridgehead atoms. The van der Waals surface area contributed by atoms with Crippen LogP contribution in [-0.2, 0) is 16.1 Å². The Bertz CT molecular complexity index is 411. The molecule has 18 heavy (non-hydrogen) atoms. The van der Waals surface area contributed by atoms with Crippen LogP contribution < -0.4 is 11.1 Å². The molecule has 1 aromatic heterocycles. The summed E-state index contributed by atoms with van der Waals surface area (Å²) in [6.45, 7) is 4.86. The number of ether oxygens (including phenoxy) is 1. The Balaban J connectivity index is 2.01. The second-order valence-electron chi connectivity index (χ2n) is 3.99. The number of hydrogen-bond acceptors (Lipinski definition) is 7. The molecule has 2 rings (SSSR count). The number of likely N-dealkylation sites (N-methyl/N-ethyl adjacent to an activating group) is 1. The van der Waals surface area contributed by atoms with Gasteiger partial charge in [0.25, 0.3) is 0 Å². The monoisotopic (exact) mass is 271 g/mol. The smallest absolute Gasteiger partial charge is 0.239 e. The van der Waals surface area contributed by atoms with Crippen LogP contribution in [0.15, 0.2) is 0 Å². The largest absolute Gasteiger partial charge is 0.378 e. The molecule has 0 radical (unpaired) electrons. The van der Waals surface area contributed by atoms with Crippen LogP contribution in [0, 0.1) is 0 Å². The number of nitrogens with zero attached hydrogens (tertiary/aromatic N) is 3. The normalized spacial score (nSPS) is 20.8. The molecule has 1 aliphatic rings. The molecule has 1 aliphatic heterocycles. The number of nitrogens with two attached hydrogens (primary N) is 1. The van der Waals surface area contributed by atoms with E-state index >= 15 is 0 Å². The standard InChI is InChI=1S/C10H17N5O2S/c1-2-12-9(16)7-6-17-4-3-15(7)5-8-13-14-10(11)18-8/h7H,2-6H2,1H3,(H2,11,14)(H,12,16). The second kappa shape index (κ2) is 6.07. The zero-order valence-electron chi connectivity index (χ0n) is 10.3. The Kier molecular flexibility index (Phi) is 4.45. The summed E-state index contributed by atoms with van der Waals surface area (Å²) in [5, 5.41) is 11.8. The molecule has 0 aliphatic carbocycles. The molecule has 8 heteroatoms. The Morgan fingerprint density at radius 1 is 1.67 bits per heavy atom. The van der Waals surface area contributed by atoms with Crippen molar-refractivity contribution < 1.29 is 9.53 Å². The van der Waals surface area contributed by atoms with Gasteiger partial charge >= 0.3 is 0 Å². The number of carbonyl (C=O) groups excluding carboxylic acids is 1. The van der Waals surface area contributed by atoms with Gasteiger partial charge in [0.1, 0.15) is 11.0 Å². The van der Waals surface area contributed by atoms with E-state index in [0.717, 1.165) is 5.01 Å². The van der Waals surface area contributed by atoms with Gasteiger partial charge in [-0.05, 0) is 6.92 Å². The lowest BCUT2D eigenvalue weighted by atomic mass is 10.2. The fraction of sp³-hybridized carbons (Fsp3) is 0.700. The number of morpholine rings is 1. The van der Waals surface area contributed by atoms with E-state index in [0.29, 0.717) is 38.0 Å². The lowest BCUT2D eigenvalue weighted by Gasteiger charge is -2.33. The molecule has 2 heterocycles. The van der Waals surface area contributed by atoms with E-state index in [1.807, 2.05) is 6.92 Å². The lowest BCUT2D eigenvalue weighted by Crippen LogP contribution is -2.53. The third-order valence-corrected chi connectivity index (χ3v) is 3.45. The van der Waals surface area contributed by atoms with Crippen LogP contribution in [0.5, 0.6) is 0 Å². The highest BCUT2D eigenvalue weighted by Gasteiger charge is 2.29. The highest BCUT2D eigenvalue weighted by atomic mass is 32.1. The van der Waals surface area contributed by atoms with E-state index in [4.69, 9.17) is 10.5 Å². The molecular formula is C10H17N5O2S. The summed E-state index contributed by atoms with van der Waals surface area (Å²) < 4.78 is 5.36. The number of rotatable bonds is 4. The molecular weight excluding hydrogens is 254 g/mol. The molecule has 1 amide bonds. The van der Waals surface area contributed by atoms with Gasteiger partial charge < -0.3 is 15.8 Å². The maximum absolute atomic E-state index is 11.9. The van der Waals surface area contributed by atoms with Crippen molar-refractivity contribution in [1.29, 1.82) is 0 Å². The zero-order valence-corrected chi connectivity index (χ0v) is 11.1. The minimum Gasteiger partial charge on any atom is -0.378 e. The highest BCUT2D eigenvalue weighted by molar-refractivity contribution is 7.15. The number of nitrogens with one attached hydrogen (secondary N) is 1. The molecule has 0 spiro atoms. The van der Waals surface area contributed by atoms with Gasteiger partial charge in [0, 0.05) is 13.1 Å². The minimum atomic E-state index is -0.260. The van der Waals surface area contributed by atoms with Crippen LogP contribution >= 0.6 is 11.3 Å². The SMILES string of the molecule is CCNC(=O)C1COCCN1Cc1nnc(N)s1. The van der Waals surface area contributed by atoms with Crippen LogP contribution in [0.3, 0.4) is 0 Å². The van der Waals surface area contributed by atoms with Gasteiger partial charge in [-0.3, -0.25) is 9.69 Å². The molecule has 1 fully saturated rings. The number of amides is 1. The van der Waals surface area contributed by atoms with Gasteiger partial charge in [-0.1, -0.05) is 11.3 Å².